The van der Waals surface area contributed by atoms with E-state index in [1.54, 1.807) is 0 Å². The predicted octanol–water partition coefficient (Wildman–Crippen LogP) is 1.94. The Kier molecular flexibility index (Phi) is 5.53. The summed E-state index contributed by atoms with van der Waals surface area (Å²) in [6, 6.07) is 5.72. The van der Waals surface area contributed by atoms with Crippen LogP contribution in [0.2, 0.25) is 0 Å². The highest BCUT2D eigenvalue weighted by Gasteiger charge is 2.31. The van der Waals surface area contributed by atoms with Crippen molar-refractivity contribution in [3.8, 4) is 11.5 Å². The number of ether oxygens (including phenoxy) is 2. The molecular weight excluding hydrogens is 331 g/mol. The molecule has 0 aliphatic carbocycles. The van der Waals surface area contributed by atoms with E-state index in [1.807, 2.05) is 0 Å². The Balaban J connectivity index is 1.90. The van der Waals surface area contributed by atoms with Gasteiger partial charge in [0.15, 0.2) is 24.7 Å². The molecular formula is C15H16F3NO5. The third-order valence-electron chi connectivity index (χ3n) is 3.48. The van der Waals surface area contributed by atoms with Crippen molar-refractivity contribution in [2.75, 3.05) is 26.3 Å². The number of likely N-dealkylation sites (tertiary alicyclic amines) is 1. The van der Waals surface area contributed by atoms with Gasteiger partial charge in [-0.25, -0.2) is 0 Å². The summed E-state index contributed by atoms with van der Waals surface area (Å²) in [7, 11) is 0. The van der Waals surface area contributed by atoms with Crippen molar-refractivity contribution >= 4 is 11.9 Å². The van der Waals surface area contributed by atoms with Crippen molar-refractivity contribution < 1.29 is 37.3 Å². The van der Waals surface area contributed by atoms with Crippen molar-refractivity contribution in [2.45, 2.75) is 12.6 Å². The number of alkyl halides is 3. The Morgan fingerprint density at radius 2 is 1.83 bits per heavy atom. The minimum absolute atomic E-state index is 0.0177. The monoisotopic (exact) mass is 347 g/mol. The topological polar surface area (TPSA) is 76.1 Å². The van der Waals surface area contributed by atoms with Crippen LogP contribution in [0.25, 0.3) is 0 Å². The van der Waals surface area contributed by atoms with Crippen LogP contribution >= 0.6 is 0 Å². The number of aliphatic carboxylic acids is 1. The molecule has 1 aliphatic rings. The second-order valence-corrected chi connectivity index (χ2v) is 5.30. The standard InChI is InChI=1S/C15H16F3NO5/c16-15(17,18)9-24-12-4-2-1-3-11(12)23-8-13(20)19-6-5-10(7-19)14(21)22/h1-4,10H,5-9H2,(H,21,22)/t10-/m1/s1. The molecule has 1 aliphatic heterocycles. The van der Waals surface area contributed by atoms with Gasteiger partial charge in [0.1, 0.15) is 0 Å². The van der Waals surface area contributed by atoms with Gasteiger partial charge in [-0.15, -0.1) is 0 Å². The summed E-state index contributed by atoms with van der Waals surface area (Å²) < 4.78 is 46.6. The molecule has 0 unspecified atom stereocenters. The molecule has 1 aromatic rings. The summed E-state index contributed by atoms with van der Waals surface area (Å²) in [5.74, 6) is -2.09. The lowest BCUT2D eigenvalue weighted by Gasteiger charge is -2.17. The fraction of sp³-hybridized carbons (Fsp3) is 0.467. The molecule has 1 amide bonds. The van der Waals surface area contributed by atoms with Gasteiger partial charge in [-0.1, -0.05) is 12.1 Å². The summed E-state index contributed by atoms with van der Waals surface area (Å²) in [6.07, 6.45) is -4.11. The second-order valence-electron chi connectivity index (χ2n) is 5.30. The average molecular weight is 347 g/mol. The van der Waals surface area contributed by atoms with Crippen molar-refractivity contribution in [3.63, 3.8) is 0 Å². The Morgan fingerprint density at radius 1 is 1.21 bits per heavy atom. The molecule has 0 spiro atoms. The van der Waals surface area contributed by atoms with Crippen LogP contribution < -0.4 is 9.47 Å². The molecule has 1 N–H and O–H groups in total. The van der Waals surface area contributed by atoms with Crippen LogP contribution in [-0.4, -0.2) is 54.4 Å². The van der Waals surface area contributed by atoms with E-state index >= 15 is 0 Å². The number of rotatable bonds is 6. The smallest absolute Gasteiger partial charge is 0.422 e. The minimum Gasteiger partial charge on any atom is -0.481 e. The lowest BCUT2D eigenvalue weighted by atomic mass is 10.1. The number of carboxylic acids is 1. The highest BCUT2D eigenvalue weighted by molar-refractivity contribution is 5.80. The van der Waals surface area contributed by atoms with Crippen molar-refractivity contribution in [1.29, 1.82) is 0 Å². The van der Waals surface area contributed by atoms with Crippen LogP contribution in [0.15, 0.2) is 24.3 Å². The molecule has 6 nitrogen and oxygen atoms in total. The zero-order chi connectivity index (χ0) is 17.7. The summed E-state index contributed by atoms with van der Waals surface area (Å²) in [6.45, 7) is -1.46. The molecule has 132 valence electrons. The molecule has 9 heteroatoms. The van der Waals surface area contributed by atoms with E-state index in [-0.39, 0.29) is 18.0 Å². The van der Waals surface area contributed by atoms with E-state index in [2.05, 4.69) is 4.74 Å². The largest absolute Gasteiger partial charge is 0.481 e. The van der Waals surface area contributed by atoms with E-state index in [0.717, 1.165) is 0 Å². The van der Waals surface area contributed by atoms with Gasteiger partial charge < -0.3 is 19.5 Å². The summed E-state index contributed by atoms with van der Waals surface area (Å²) in [5, 5.41) is 8.90. The number of benzene rings is 1. The Labute approximate surface area is 135 Å². The first kappa shape index (κ1) is 17.9. The summed E-state index contributed by atoms with van der Waals surface area (Å²) >= 11 is 0. The number of halogens is 3. The van der Waals surface area contributed by atoms with Gasteiger partial charge in [-0.2, -0.15) is 13.2 Å². The van der Waals surface area contributed by atoms with Crippen molar-refractivity contribution in [1.82, 2.24) is 4.90 Å². The van der Waals surface area contributed by atoms with Gasteiger partial charge in [0, 0.05) is 13.1 Å². The van der Waals surface area contributed by atoms with Crippen LogP contribution in [0.1, 0.15) is 6.42 Å². The second kappa shape index (κ2) is 7.41. The van der Waals surface area contributed by atoms with E-state index in [4.69, 9.17) is 9.84 Å². The van der Waals surface area contributed by atoms with Crippen LogP contribution in [0.3, 0.4) is 0 Å². The zero-order valence-corrected chi connectivity index (χ0v) is 12.6. The molecule has 1 heterocycles. The number of carboxylic acid groups (broad SMARTS) is 1. The number of carbonyl (C=O) groups excluding carboxylic acids is 1. The fourth-order valence-corrected chi connectivity index (χ4v) is 2.27. The molecule has 24 heavy (non-hydrogen) atoms. The Bertz CT molecular complexity index is 605. The molecule has 0 aromatic heterocycles. The molecule has 1 atom stereocenters. The Morgan fingerprint density at radius 3 is 2.38 bits per heavy atom. The summed E-state index contributed by atoms with van der Waals surface area (Å²) in [4.78, 5) is 24.2. The maximum atomic E-state index is 12.2. The molecule has 0 saturated carbocycles. The number of para-hydroxylation sites is 2. The van der Waals surface area contributed by atoms with E-state index in [0.29, 0.717) is 13.0 Å². The molecule has 1 fully saturated rings. The van der Waals surface area contributed by atoms with Gasteiger partial charge in [0.25, 0.3) is 5.91 Å². The number of hydrogen-bond donors (Lipinski definition) is 1. The van der Waals surface area contributed by atoms with E-state index in [9.17, 15) is 22.8 Å². The van der Waals surface area contributed by atoms with Gasteiger partial charge in [0.2, 0.25) is 0 Å². The highest BCUT2D eigenvalue weighted by Crippen LogP contribution is 2.28. The highest BCUT2D eigenvalue weighted by atomic mass is 19.4. The third-order valence-corrected chi connectivity index (χ3v) is 3.48. The normalized spacial score (nSPS) is 17.6. The maximum absolute atomic E-state index is 12.2. The zero-order valence-electron chi connectivity index (χ0n) is 12.6. The fourth-order valence-electron chi connectivity index (χ4n) is 2.27. The number of hydrogen-bond acceptors (Lipinski definition) is 4. The van der Waals surface area contributed by atoms with Gasteiger partial charge >= 0.3 is 12.1 Å². The molecule has 0 radical (unpaired) electrons. The van der Waals surface area contributed by atoms with Gasteiger partial charge in [-0.05, 0) is 18.6 Å². The lowest BCUT2D eigenvalue weighted by molar-refractivity contribution is -0.153. The molecule has 2 rings (SSSR count). The predicted molar refractivity (Wildman–Crippen MR) is 75.8 cm³/mol. The minimum atomic E-state index is -4.48. The molecule has 1 aromatic carbocycles. The first-order valence-electron chi connectivity index (χ1n) is 7.18. The molecule has 0 bridgehead atoms. The van der Waals surface area contributed by atoms with Crippen LogP contribution in [0.5, 0.6) is 11.5 Å². The van der Waals surface area contributed by atoms with Crippen molar-refractivity contribution in [2.24, 2.45) is 5.92 Å². The number of amides is 1. The third kappa shape index (κ3) is 5.04. The van der Waals surface area contributed by atoms with Crippen molar-refractivity contribution in [3.05, 3.63) is 24.3 Å². The molecule has 1 saturated heterocycles. The quantitative estimate of drug-likeness (QED) is 0.851. The lowest BCUT2D eigenvalue weighted by Crippen LogP contribution is -2.33. The SMILES string of the molecule is O=C(O)[C@@H]1CCN(C(=O)COc2ccccc2OCC(F)(F)F)C1. The number of nitrogens with zero attached hydrogens (tertiary/aromatic N) is 1. The first-order chi connectivity index (χ1) is 11.3. The van der Waals surface area contributed by atoms with Crippen LogP contribution in [-0.2, 0) is 9.59 Å². The summed E-state index contributed by atoms with van der Waals surface area (Å²) in [5.41, 5.74) is 0. The Hall–Kier alpha value is -2.45. The first-order valence-corrected chi connectivity index (χ1v) is 7.18. The maximum Gasteiger partial charge on any atom is 0.422 e. The van der Waals surface area contributed by atoms with Crippen LogP contribution in [0, 0.1) is 5.92 Å². The number of carbonyl (C=O) groups is 2. The average Bonchev–Trinajstić information content (AvgIpc) is 3.01. The van der Waals surface area contributed by atoms with E-state index < -0.39 is 37.2 Å². The van der Waals surface area contributed by atoms with Gasteiger partial charge in [-0.3, -0.25) is 9.59 Å². The van der Waals surface area contributed by atoms with Crippen LogP contribution in [0.4, 0.5) is 13.2 Å². The van der Waals surface area contributed by atoms with Gasteiger partial charge in [0.05, 0.1) is 5.92 Å². The van der Waals surface area contributed by atoms with E-state index in [1.165, 1.54) is 29.2 Å².